The third-order valence-corrected chi connectivity index (χ3v) is 2.89. The van der Waals surface area contributed by atoms with E-state index >= 15 is 0 Å². The number of methoxy groups -OCH3 is 1. The van der Waals surface area contributed by atoms with Gasteiger partial charge in [-0.15, -0.1) is 0 Å². The van der Waals surface area contributed by atoms with Gasteiger partial charge in [-0.05, 0) is 18.6 Å². The van der Waals surface area contributed by atoms with Gasteiger partial charge in [-0.1, -0.05) is 36.4 Å². The first kappa shape index (κ1) is 12.3. The molecule has 0 fully saturated rings. The summed E-state index contributed by atoms with van der Waals surface area (Å²) in [4.78, 5) is 15.7. The van der Waals surface area contributed by atoms with Gasteiger partial charge < -0.3 is 4.74 Å². The Kier molecular flexibility index (Phi) is 3.72. The first-order chi connectivity index (χ1) is 8.72. The second-order valence-corrected chi connectivity index (χ2v) is 4.08. The predicted octanol–water partition coefficient (Wildman–Crippen LogP) is 3.03. The molecule has 0 saturated heterocycles. The van der Waals surface area contributed by atoms with Crippen molar-refractivity contribution in [1.29, 1.82) is 0 Å². The zero-order chi connectivity index (χ0) is 13.0. The Labute approximate surface area is 106 Å². The van der Waals surface area contributed by atoms with Crippen LogP contribution in [0.4, 0.5) is 0 Å². The number of benzene rings is 1. The normalized spacial score (nSPS) is 11.9. The molecular formula is C15H15NO2. The quantitative estimate of drug-likeness (QED) is 0.775. The average Bonchev–Trinajstić information content (AvgIpc) is 2.47. The zero-order valence-corrected chi connectivity index (χ0v) is 10.5. The molecule has 1 atom stereocenters. The predicted molar refractivity (Wildman–Crippen MR) is 70.1 cm³/mol. The second kappa shape index (κ2) is 5.45. The summed E-state index contributed by atoms with van der Waals surface area (Å²) < 4.78 is 4.70. The van der Waals surface area contributed by atoms with Gasteiger partial charge in [0.05, 0.1) is 18.7 Å². The minimum atomic E-state index is -0.333. The second-order valence-electron chi connectivity index (χ2n) is 4.08. The first-order valence-corrected chi connectivity index (χ1v) is 5.81. The van der Waals surface area contributed by atoms with Crippen LogP contribution in [0.5, 0.6) is 0 Å². The van der Waals surface area contributed by atoms with Crippen molar-refractivity contribution in [2.75, 3.05) is 7.11 Å². The molecule has 1 aromatic heterocycles. The fourth-order valence-corrected chi connectivity index (χ4v) is 1.76. The van der Waals surface area contributed by atoms with Crippen molar-refractivity contribution in [2.45, 2.75) is 12.8 Å². The number of pyridine rings is 1. The minimum Gasteiger partial charge on any atom is -0.469 e. The van der Waals surface area contributed by atoms with E-state index in [1.165, 1.54) is 7.11 Å². The van der Waals surface area contributed by atoms with E-state index in [2.05, 4.69) is 4.98 Å². The molecule has 1 aromatic carbocycles. The van der Waals surface area contributed by atoms with Crippen LogP contribution in [0, 0.1) is 0 Å². The molecule has 2 rings (SSSR count). The van der Waals surface area contributed by atoms with E-state index in [1.54, 1.807) is 13.1 Å². The molecule has 3 heteroatoms. The fourth-order valence-electron chi connectivity index (χ4n) is 1.76. The summed E-state index contributed by atoms with van der Waals surface area (Å²) in [6, 6.07) is 13.8. The standard InChI is InChI=1S/C15H15NO2/c1-11(15(17)18-2)14-9-8-13(10-16-14)12-6-4-3-5-7-12/h3-11H,1-2H3. The summed E-state index contributed by atoms with van der Waals surface area (Å²) in [6.07, 6.45) is 1.78. The number of ether oxygens (including phenoxy) is 1. The highest BCUT2D eigenvalue weighted by Gasteiger charge is 2.16. The van der Waals surface area contributed by atoms with Gasteiger partial charge in [-0.3, -0.25) is 9.78 Å². The molecule has 92 valence electrons. The Hall–Kier alpha value is -2.16. The Morgan fingerprint density at radius 2 is 1.83 bits per heavy atom. The number of nitrogens with zero attached hydrogens (tertiary/aromatic N) is 1. The molecule has 0 aliphatic carbocycles. The highest BCUT2D eigenvalue weighted by Crippen LogP contribution is 2.20. The van der Waals surface area contributed by atoms with Crippen molar-refractivity contribution in [3.63, 3.8) is 0 Å². The van der Waals surface area contributed by atoms with Crippen LogP contribution in [0.1, 0.15) is 18.5 Å². The maximum absolute atomic E-state index is 11.4. The Bertz CT molecular complexity index is 520. The number of carbonyl (C=O) groups excluding carboxylic acids is 1. The van der Waals surface area contributed by atoms with Gasteiger partial charge in [0.2, 0.25) is 0 Å². The highest BCUT2D eigenvalue weighted by atomic mass is 16.5. The molecule has 3 nitrogen and oxygen atoms in total. The number of rotatable bonds is 3. The summed E-state index contributed by atoms with van der Waals surface area (Å²) >= 11 is 0. The molecule has 0 radical (unpaired) electrons. The SMILES string of the molecule is COC(=O)C(C)c1ccc(-c2ccccc2)cn1. The Morgan fingerprint density at radius 1 is 1.11 bits per heavy atom. The van der Waals surface area contributed by atoms with Crippen molar-refractivity contribution >= 4 is 5.97 Å². The van der Waals surface area contributed by atoms with Gasteiger partial charge in [0.1, 0.15) is 0 Å². The molecule has 2 aromatic rings. The van der Waals surface area contributed by atoms with E-state index in [1.807, 2.05) is 42.5 Å². The van der Waals surface area contributed by atoms with E-state index in [-0.39, 0.29) is 11.9 Å². The van der Waals surface area contributed by atoms with E-state index < -0.39 is 0 Å². The molecule has 18 heavy (non-hydrogen) atoms. The van der Waals surface area contributed by atoms with Crippen molar-refractivity contribution in [3.8, 4) is 11.1 Å². The van der Waals surface area contributed by atoms with Crippen LogP contribution < -0.4 is 0 Å². The topological polar surface area (TPSA) is 39.2 Å². The van der Waals surface area contributed by atoms with Crippen LogP contribution in [0.2, 0.25) is 0 Å². The number of hydrogen-bond acceptors (Lipinski definition) is 3. The Morgan fingerprint density at radius 3 is 2.39 bits per heavy atom. The molecular weight excluding hydrogens is 226 g/mol. The van der Waals surface area contributed by atoms with Crippen LogP contribution in [0.3, 0.4) is 0 Å². The Balaban J connectivity index is 2.23. The molecule has 0 aliphatic heterocycles. The molecule has 0 saturated carbocycles. The number of hydrogen-bond donors (Lipinski definition) is 0. The van der Waals surface area contributed by atoms with E-state index in [0.717, 1.165) is 16.8 Å². The largest absolute Gasteiger partial charge is 0.469 e. The van der Waals surface area contributed by atoms with Crippen molar-refractivity contribution in [2.24, 2.45) is 0 Å². The fraction of sp³-hybridized carbons (Fsp3) is 0.200. The van der Waals surface area contributed by atoms with E-state index in [4.69, 9.17) is 4.74 Å². The van der Waals surface area contributed by atoms with Crippen LogP contribution in [-0.4, -0.2) is 18.1 Å². The highest BCUT2D eigenvalue weighted by molar-refractivity contribution is 5.77. The smallest absolute Gasteiger partial charge is 0.314 e. The van der Waals surface area contributed by atoms with Gasteiger partial charge >= 0.3 is 5.97 Å². The summed E-state index contributed by atoms with van der Waals surface area (Å²) in [5.41, 5.74) is 2.88. The third kappa shape index (κ3) is 2.56. The molecule has 0 bridgehead atoms. The van der Waals surface area contributed by atoms with Crippen molar-refractivity contribution in [3.05, 3.63) is 54.4 Å². The summed E-state index contributed by atoms with van der Waals surface area (Å²) in [7, 11) is 1.39. The van der Waals surface area contributed by atoms with Crippen LogP contribution in [-0.2, 0) is 9.53 Å². The minimum absolute atomic E-state index is 0.269. The van der Waals surface area contributed by atoms with Gasteiger partial charge in [0.25, 0.3) is 0 Å². The van der Waals surface area contributed by atoms with Gasteiger partial charge in [0, 0.05) is 11.8 Å². The zero-order valence-electron chi connectivity index (χ0n) is 10.5. The molecule has 0 N–H and O–H groups in total. The first-order valence-electron chi connectivity index (χ1n) is 5.81. The van der Waals surface area contributed by atoms with Crippen LogP contribution >= 0.6 is 0 Å². The lowest BCUT2D eigenvalue weighted by molar-refractivity contribution is -0.142. The van der Waals surface area contributed by atoms with Gasteiger partial charge in [-0.2, -0.15) is 0 Å². The third-order valence-electron chi connectivity index (χ3n) is 2.89. The maximum atomic E-state index is 11.4. The lowest BCUT2D eigenvalue weighted by Crippen LogP contribution is -2.11. The average molecular weight is 241 g/mol. The molecule has 1 unspecified atom stereocenters. The summed E-state index contributed by atoms with van der Waals surface area (Å²) in [5.74, 6) is -0.602. The summed E-state index contributed by atoms with van der Waals surface area (Å²) in [6.45, 7) is 1.79. The van der Waals surface area contributed by atoms with Gasteiger partial charge in [-0.25, -0.2) is 0 Å². The molecule has 0 spiro atoms. The van der Waals surface area contributed by atoms with E-state index in [9.17, 15) is 4.79 Å². The van der Waals surface area contributed by atoms with Crippen LogP contribution in [0.15, 0.2) is 48.7 Å². The number of carbonyl (C=O) groups is 1. The lowest BCUT2D eigenvalue weighted by Gasteiger charge is -2.09. The number of esters is 1. The maximum Gasteiger partial charge on any atom is 0.314 e. The van der Waals surface area contributed by atoms with Gasteiger partial charge in [0.15, 0.2) is 0 Å². The number of aromatic nitrogens is 1. The van der Waals surface area contributed by atoms with Crippen LogP contribution in [0.25, 0.3) is 11.1 Å². The molecule has 0 amide bonds. The molecule has 1 heterocycles. The lowest BCUT2D eigenvalue weighted by atomic mass is 10.0. The van der Waals surface area contributed by atoms with Crippen molar-refractivity contribution < 1.29 is 9.53 Å². The van der Waals surface area contributed by atoms with E-state index in [0.29, 0.717) is 0 Å². The monoisotopic (exact) mass is 241 g/mol. The summed E-state index contributed by atoms with van der Waals surface area (Å²) in [5, 5.41) is 0. The molecule has 0 aliphatic rings. The van der Waals surface area contributed by atoms with Crippen molar-refractivity contribution in [1.82, 2.24) is 4.98 Å².